The van der Waals surface area contributed by atoms with Crippen LogP contribution in [0.1, 0.15) is 35.5 Å². The molecular weight excluding hydrogens is 232 g/mol. The summed E-state index contributed by atoms with van der Waals surface area (Å²) in [5.41, 5.74) is 0.392. The molecule has 0 bridgehead atoms. The van der Waals surface area contributed by atoms with Gasteiger partial charge in [0.05, 0.1) is 12.1 Å². The van der Waals surface area contributed by atoms with Crippen LogP contribution < -0.4 is 5.56 Å². The quantitative estimate of drug-likeness (QED) is 0.837. The van der Waals surface area contributed by atoms with Crippen LogP contribution in [-0.2, 0) is 0 Å². The van der Waals surface area contributed by atoms with Crippen molar-refractivity contribution in [1.29, 1.82) is 0 Å². The first kappa shape index (κ1) is 14.4. The second-order valence-electron chi connectivity index (χ2n) is 5.17. The molecule has 0 radical (unpaired) electrons. The molecule has 0 saturated carbocycles. The number of pyridine rings is 1. The molecule has 18 heavy (non-hydrogen) atoms. The van der Waals surface area contributed by atoms with E-state index in [1.807, 2.05) is 0 Å². The second-order valence-corrected chi connectivity index (χ2v) is 5.17. The van der Waals surface area contributed by atoms with E-state index in [9.17, 15) is 14.7 Å². The molecule has 5 nitrogen and oxygen atoms in total. The van der Waals surface area contributed by atoms with Gasteiger partial charge in [0.15, 0.2) is 0 Å². The SMILES string of the molecule is Cc1cc(C)c(C(=O)N(C)C(C)(C)CO)c(=O)[nH]1. The van der Waals surface area contributed by atoms with Crippen molar-refractivity contribution < 1.29 is 9.90 Å². The molecule has 0 aliphatic carbocycles. The topological polar surface area (TPSA) is 73.4 Å². The summed E-state index contributed by atoms with van der Waals surface area (Å²) in [4.78, 5) is 28.2. The van der Waals surface area contributed by atoms with Gasteiger partial charge in [0.1, 0.15) is 5.56 Å². The predicted octanol–water partition coefficient (Wildman–Crippen LogP) is 0.835. The van der Waals surface area contributed by atoms with Gasteiger partial charge in [-0.15, -0.1) is 0 Å². The number of aliphatic hydroxyl groups is 1. The van der Waals surface area contributed by atoms with Crippen LogP contribution in [0, 0.1) is 13.8 Å². The highest BCUT2D eigenvalue weighted by atomic mass is 16.3. The average molecular weight is 252 g/mol. The third-order valence-corrected chi connectivity index (χ3v) is 3.18. The lowest BCUT2D eigenvalue weighted by atomic mass is 10.0. The highest BCUT2D eigenvalue weighted by Gasteiger charge is 2.29. The Morgan fingerprint density at radius 3 is 2.44 bits per heavy atom. The Morgan fingerprint density at radius 1 is 1.44 bits per heavy atom. The average Bonchev–Trinajstić information content (AvgIpc) is 2.26. The molecule has 1 rings (SSSR count). The number of aromatic nitrogens is 1. The number of hydrogen-bond acceptors (Lipinski definition) is 3. The molecule has 0 aliphatic rings. The molecule has 0 atom stereocenters. The summed E-state index contributed by atoms with van der Waals surface area (Å²) in [6.45, 7) is 6.81. The standard InChI is InChI=1S/C13H20N2O3/c1-8-6-9(2)14-11(17)10(8)12(18)15(5)13(3,4)7-16/h6,16H,7H2,1-5H3,(H,14,17). The summed E-state index contributed by atoms with van der Waals surface area (Å²) in [5.74, 6) is -0.382. The van der Waals surface area contributed by atoms with Crippen molar-refractivity contribution in [3.8, 4) is 0 Å². The van der Waals surface area contributed by atoms with Gasteiger partial charge in [-0.3, -0.25) is 9.59 Å². The Hall–Kier alpha value is -1.62. The van der Waals surface area contributed by atoms with E-state index in [0.29, 0.717) is 5.56 Å². The van der Waals surface area contributed by atoms with Crippen molar-refractivity contribution in [2.24, 2.45) is 0 Å². The van der Waals surface area contributed by atoms with Crippen LogP contribution in [0.5, 0.6) is 0 Å². The van der Waals surface area contributed by atoms with Gasteiger partial charge in [0.2, 0.25) is 0 Å². The molecule has 0 spiro atoms. The predicted molar refractivity (Wildman–Crippen MR) is 69.8 cm³/mol. The van der Waals surface area contributed by atoms with E-state index in [1.54, 1.807) is 40.8 Å². The van der Waals surface area contributed by atoms with Crippen molar-refractivity contribution in [2.45, 2.75) is 33.2 Å². The molecule has 0 aromatic carbocycles. The second kappa shape index (κ2) is 4.94. The number of nitrogens with zero attached hydrogens (tertiary/aromatic N) is 1. The maximum atomic E-state index is 12.3. The summed E-state index contributed by atoms with van der Waals surface area (Å²) in [5, 5.41) is 9.26. The minimum atomic E-state index is -0.707. The van der Waals surface area contributed by atoms with Gasteiger partial charge >= 0.3 is 0 Å². The van der Waals surface area contributed by atoms with Crippen LogP contribution in [0.2, 0.25) is 0 Å². The van der Waals surface area contributed by atoms with E-state index >= 15 is 0 Å². The molecule has 0 unspecified atom stereocenters. The van der Waals surface area contributed by atoms with Crippen LogP contribution in [0.4, 0.5) is 0 Å². The summed E-state index contributed by atoms with van der Waals surface area (Å²) in [6, 6.07) is 1.76. The van der Waals surface area contributed by atoms with Gasteiger partial charge in [-0.05, 0) is 39.3 Å². The zero-order chi connectivity index (χ0) is 14.1. The lowest BCUT2D eigenvalue weighted by Gasteiger charge is -2.34. The Balaban J connectivity index is 3.25. The number of hydrogen-bond donors (Lipinski definition) is 2. The molecule has 100 valence electrons. The van der Waals surface area contributed by atoms with E-state index in [4.69, 9.17) is 0 Å². The number of H-pyrrole nitrogens is 1. The molecule has 1 aromatic rings. The Kier molecular flexibility index (Phi) is 3.96. The smallest absolute Gasteiger partial charge is 0.261 e. The lowest BCUT2D eigenvalue weighted by Crippen LogP contribution is -2.49. The van der Waals surface area contributed by atoms with E-state index in [2.05, 4.69) is 4.98 Å². The number of carbonyl (C=O) groups is 1. The Bertz CT molecular complexity index is 517. The molecule has 2 N–H and O–H groups in total. The fourth-order valence-corrected chi connectivity index (χ4v) is 1.67. The summed E-state index contributed by atoms with van der Waals surface area (Å²) < 4.78 is 0. The molecule has 5 heteroatoms. The first-order valence-corrected chi connectivity index (χ1v) is 5.80. The molecule has 0 fully saturated rings. The normalized spacial score (nSPS) is 11.4. The number of aliphatic hydroxyl groups excluding tert-OH is 1. The molecule has 0 aliphatic heterocycles. The van der Waals surface area contributed by atoms with Crippen molar-refractivity contribution in [3.63, 3.8) is 0 Å². The third kappa shape index (κ3) is 2.61. The van der Waals surface area contributed by atoms with Crippen LogP contribution >= 0.6 is 0 Å². The van der Waals surface area contributed by atoms with Gasteiger partial charge in [-0.1, -0.05) is 0 Å². The van der Waals surface area contributed by atoms with Gasteiger partial charge < -0.3 is 15.0 Å². The van der Waals surface area contributed by atoms with Gasteiger partial charge in [-0.2, -0.15) is 0 Å². The minimum Gasteiger partial charge on any atom is -0.394 e. The number of aromatic amines is 1. The first-order valence-electron chi connectivity index (χ1n) is 5.80. The van der Waals surface area contributed by atoms with Crippen LogP contribution in [0.25, 0.3) is 0 Å². The Labute approximate surface area is 106 Å². The zero-order valence-corrected chi connectivity index (χ0v) is 11.5. The van der Waals surface area contributed by atoms with Crippen molar-refractivity contribution >= 4 is 5.91 Å². The van der Waals surface area contributed by atoms with Gasteiger partial charge in [-0.25, -0.2) is 0 Å². The van der Waals surface area contributed by atoms with Crippen molar-refractivity contribution in [1.82, 2.24) is 9.88 Å². The van der Waals surface area contributed by atoms with Crippen LogP contribution in [0.3, 0.4) is 0 Å². The highest BCUT2D eigenvalue weighted by Crippen LogP contribution is 2.15. The maximum absolute atomic E-state index is 12.3. The van der Waals surface area contributed by atoms with Crippen LogP contribution in [0.15, 0.2) is 10.9 Å². The largest absolute Gasteiger partial charge is 0.394 e. The first-order chi connectivity index (χ1) is 8.20. The molecule has 1 amide bonds. The van der Waals surface area contributed by atoms with Crippen LogP contribution in [-0.4, -0.2) is 40.1 Å². The molecule has 1 aromatic heterocycles. The minimum absolute atomic E-state index is 0.129. The fraction of sp³-hybridized carbons (Fsp3) is 0.538. The highest BCUT2D eigenvalue weighted by molar-refractivity contribution is 5.95. The monoisotopic (exact) mass is 252 g/mol. The molecule has 1 heterocycles. The number of rotatable bonds is 3. The molecule has 0 saturated heterocycles. The van der Waals surface area contributed by atoms with Gasteiger partial charge in [0, 0.05) is 12.7 Å². The van der Waals surface area contributed by atoms with Gasteiger partial charge in [0.25, 0.3) is 11.5 Å². The molecular formula is C13H20N2O3. The number of amides is 1. The third-order valence-electron chi connectivity index (χ3n) is 3.18. The zero-order valence-electron chi connectivity index (χ0n) is 11.5. The number of nitrogens with one attached hydrogen (secondary N) is 1. The fourth-order valence-electron chi connectivity index (χ4n) is 1.67. The number of aryl methyl sites for hydroxylation is 2. The summed E-state index contributed by atoms with van der Waals surface area (Å²) >= 11 is 0. The Morgan fingerprint density at radius 2 is 2.00 bits per heavy atom. The number of carbonyl (C=O) groups excluding carboxylic acids is 1. The van der Waals surface area contributed by atoms with E-state index in [1.165, 1.54) is 4.90 Å². The number of likely N-dealkylation sites (N-methyl/N-ethyl adjacent to an activating group) is 1. The summed E-state index contributed by atoms with van der Waals surface area (Å²) in [6.07, 6.45) is 0. The van der Waals surface area contributed by atoms with Crippen molar-refractivity contribution in [2.75, 3.05) is 13.7 Å². The van der Waals surface area contributed by atoms with E-state index in [0.717, 1.165) is 5.69 Å². The summed E-state index contributed by atoms with van der Waals surface area (Å²) in [7, 11) is 1.58. The van der Waals surface area contributed by atoms with E-state index < -0.39 is 11.1 Å². The van der Waals surface area contributed by atoms with Crippen molar-refractivity contribution in [3.05, 3.63) is 33.2 Å². The van der Waals surface area contributed by atoms with E-state index in [-0.39, 0.29) is 18.1 Å². The lowest BCUT2D eigenvalue weighted by molar-refractivity contribution is 0.0471. The maximum Gasteiger partial charge on any atom is 0.261 e.